The van der Waals surface area contributed by atoms with Crippen molar-refractivity contribution in [3.05, 3.63) is 53.3 Å². The first-order valence-corrected chi connectivity index (χ1v) is 10.2. The summed E-state index contributed by atoms with van der Waals surface area (Å²) in [4.78, 5) is 4.08. The van der Waals surface area contributed by atoms with E-state index in [9.17, 15) is 26.3 Å². The maximum Gasteiger partial charge on any atom is 0.430 e. The van der Waals surface area contributed by atoms with Gasteiger partial charge in [0.1, 0.15) is 18.3 Å². The van der Waals surface area contributed by atoms with Crippen LogP contribution in [-0.2, 0) is 26.8 Å². The van der Waals surface area contributed by atoms with E-state index < -0.39 is 30.3 Å². The van der Waals surface area contributed by atoms with Crippen LogP contribution in [0.4, 0.5) is 26.3 Å². The van der Waals surface area contributed by atoms with Gasteiger partial charge in [-0.05, 0) is 30.2 Å². The van der Waals surface area contributed by atoms with Gasteiger partial charge < -0.3 is 14.2 Å². The highest BCUT2D eigenvalue weighted by molar-refractivity contribution is 9.08. The molecule has 2 rings (SSSR count). The summed E-state index contributed by atoms with van der Waals surface area (Å²) in [6, 6.07) is 5.75. The highest BCUT2D eigenvalue weighted by atomic mass is 79.9. The second kappa shape index (κ2) is 10.2. The largest absolute Gasteiger partial charge is 0.457 e. The predicted molar refractivity (Wildman–Crippen MR) is 104 cm³/mol. The third-order valence-corrected chi connectivity index (χ3v) is 4.91. The van der Waals surface area contributed by atoms with Crippen LogP contribution in [0.25, 0.3) is 0 Å². The molecular formula is C20H20BrF6NO3. The quantitative estimate of drug-likeness (QED) is 0.212. The molecule has 0 fully saturated rings. The SMILES string of the molecule is CCCc1cc(C(OCOC)(C(F)(F)F)C(F)(F)F)ccc1Oc1ccnc(CBr)c1. The maximum atomic E-state index is 13.8. The van der Waals surface area contributed by atoms with Crippen LogP contribution in [0.2, 0.25) is 0 Å². The van der Waals surface area contributed by atoms with E-state index in [0.717, 1.165) is 19.2 Å². The summed E-state index contributed by atoms with van der Waals surface area (Å²) in [6.07, 6.45) is -9.43. The number of nitrogens with zero attached hydrogens (tertiary/aromatic N) is 1. The topological polar surface area (TPSA) is 40.6 Å². The maximum absolute atomic E-state index is 13.8. The number of ether oxygens (including phenoxy) is 3. The van der Waals surface area contributed by atoms with Gasteiger partial charge in [-0.15, -0.1) is 0 Å². The Morgan fingerprint density at radius 2 is 1.68 bits per heavy atom. The molecule has 1 heterocycles. The van der Waals surface area contributed by atoms with E-state index in [2.05, 4.69) is 30.4 Å². The average Bonchev–Trinajstić information content (AvgIpc) is 2.68. The molecule has 0 spiro atoms. The minimum atomic E-state index is -5.79. The fourth-order valence-electron chi connectivity index (χ4n) is 2.96. The Balaban J connectivity index is 2.60. The Bertz CT molecular complexity index is 859. The lowest BCUT2D eigenvalue weighted by atomic mass is 9.89. The Hall–Kier alpha value is -1.85. The molecule has 11 heteroatoms. The molecule has 0 saturated carbocycles. The molecule has 0 aliphatic carbocycles. The molecule has 0 radical (unpaired) electrons. The lowest BCUT2D eigenvalue weighted by Gasteiger charge is -2.37. The summed E-state index contributed by atoms with van der Waals surface area (Å²) in [5.41, 5.74) is -4.82. The molecule has 0 unspecified atom stereocenters. The summed E-state index contributed by atoms with van der Waals surface area (Å²) >= 11 is 3.25. The fourth-order valence-corrected chi connectivity index (χ4v) is 3.27. The second-order valence-electron chi connectivity index (χ2n) is 6.52. The van der Waals surface area contributed by atoms with Gasteiger partial charge in [0.2, 0.25) is 0 Å². The third kappa shape index (κ3) is 5.50. The van der Waals surface area contributed by atoms with E-state index in [4.69, 9.17) is 4.74 Å². The normalized spacial score (nSPS) is 12.8. The van der Waals surface area contributed by atoms with Crippen molar-refractivity contribution in [1.82, 2.24) is 4.98 Å². The highest BCUT2D eigenvalue weighted by Gasteiger charge is 2.73. The van der Waals surface area contributed by atoms with E-state index in [0.29, 0.717) is 29.3 Å². The minimum Gasteiger partial charge on any atom is -0.457 e. The number of hydrogen-bond donors (Lipinski definition) is 0. The van der Waals surface area contributed by atoms with E-state index >= 15 is 0 Å². The van der Waals surface area contributed by atoms with Crippen LogP contribution in [0, 0.1) is 0 Å². The van der Waals surface area contributed by atoms with E-state index in [1.54, 1.807) is 13.0 Å². The summed E-state index contributed by atoms with van der Waals surface area (Å²) in [5.74, 6) is 0.491. The Morgan fingerprint density at radius 1 is 1.00 bits per heavy atom. The minimum absolute atomic E-state index is 0.141. The van der Waals surface area contributed by atoms with Crippen molar-refractivity contribution in [2.24, 2.45) is 0 Å². The molecule has 0 atom stereocenters. The van der Waals surface area contributed by atoms with Gasteiger partial charge in [0.05, 0.1) is 5.69 Å². The Morgan fingerprint density at radius 3 is 2.23 bits per heavy atom. The molecule has 0 aliphatic rings. The molecule has 4 nitrogen and oxygen atoms in total. The molecule has 31 heavy (non-hydrogen) atoms. The molecule has 1 aromatic carbocycles. The lowest BCUT2D eigenvalue weighted by molar-refractivity contribution is -0.400. The standard InChI is InChI=1S/C20H20BrF6NO3/c1-3-4-13-9-14(18(19(22,23)24,20(25,26)27)30-12-29-2)5-6-17(13)31-16-7-8-28-15(10-16)11-21/h5-10H,3-4,11-12H2,1-2H3. The van der Waals surface area contributed by atoms with Gasteiger partial charge in [-0.2, -0.15) is 26.3 Å². The van der Waals surface area contributed by atoms with Crippen molar-refractivity contribution in [1.29, 1.82) is 0 Å². The number of halogens is 7. The van der Waals surface area contributed by atoms with Crippen LogP contribution in [0.15, 0.2) is 36.5 Å². The van der Waals surface area contributed by atoms with Crippen molar-refractivity contribution < 1.29 is 40.6 Å². The van der Waals surface area contributed by atoms with Crippen LogP contribution in [0.3, 0.4) is 0 Å². The molecule has 1 aromatic heterocycles. The zero-order valence-electron chi connectivity index (χ0n) is 16.6. The molecule has 172 valence electrons. The summed E-state index contributed by atoms with van der Waals surface area (Å²) < 4.78 is 97.1. The first kappa shape index (κ1) is 25.4. The first-order chi connectivity index (χ1) is 14.5. The Kier molecular flexibility index (Phi) is 8.34. The Labute approximate surface area is 183 Å². The number of pyridine rings is 1. The molecular weight excluding hydrogens is 496 g/mol. The summed E-state index contributed by atoms with van der Waals surface area (Å²) in [5, 5.41) is 0.446. The van der Waals surface area contributed by atoms with Gasteiger partial charge in [0.15, 0.2) is 0 Å². The number of aryl methyl sites for hydroxylation is 1. The monoisotopic (exact) mass is 515 g/mol. The van der Waals surface area contributed by atoms with Gasteiger partial charge in [-0.25, -0.2) is 0 Å². The van der Waals surface area contributed by atoms with Crippen LogP contribution in [0.1, 0.15) is 30.2 Å². The van der Waals surface area contributed by atoms with E-state index in [1.807, 2.05) is 0 Å². The zero-order valence-corrected chi connectivity index (χ0v) is 18.2. The number of rotatable bonds is 9. The smallest absolute Gasteiger partial charge is 0.430 e. The molecule has 0 N–H and O–H groups in total. The third-order valence-electron chi connectivity index (χ3n) is 4.33. The number of benzene rings is 1. The van der Waals surface area contributed by atoms with Crippen molar-refractivity contribution in [3.8, 4) is 11.5 Å². The van der Waals surface area contributed by atoms with Crippen LogP contribution < -0.4 is 4.74 Å². The van der Waals surface area contributed by atoms with Crippen LogP contribution in [-0.4, -0.2) is 31.2 Å². The second-order valence-corrected chi connectivity index (χ2v) is 7.08. The van der Waals surface area contributed by atoms with E-state index in [1.165, 1.54) is 12.3 Å². The predicted octanol–water partition coefficient (Wildman–Crippen LogP) is 6.66. The van der Waals surface area contributed by atoms with Crippen molar-refractivity contribution in [2.75, 3.05) is 13.9 Å². The van der Waals surface area contributed by atoms with Crippen molar-refractivity contribution in [2.45, 2.75) is 43.0 Å². The molecule has 0 amide bonds. The van der Waals surface area contributed by atoms with Crippen LogP contribution in [0.5, 0.6) is 11.5 Å². The highest BCUT2D eigenvalue weighted by Crippen LogP contribution is 2.53. The van der Waals surface area contributed by atoms with Gasteiger partial charge in [0, 0.05) is 30.3 Å². The van der Waals surface area contributed by atoms with Gasteiger partial charge in [-0.3, -0.25) is 4.98 Å². The van der Waals surface area contributed by atoms with Crippen molar-refractivity contribution >= 4 is 15.9 Å². The lowest BCUT2D eigenvalue weighted by Crippen LogP contribution is -2.56. The number of hydrogen-bond acceptors (Lipinski definition) is 4. The van der Waals surface area contributed by atoms with E-state index in [-0.39, 0.29) is 17.7 Å². The molecule has 0 saturated heterocycles. The molecule has 0 bridgehead atoms. The van der Waals surface area contributed by atoms with Gasteiger partial charge in [0.25, 0.3) is 5.60 Å². The fraction of sp³-hybridized carbons (Fsp3) is 0.450. The first-order valence-electron chi connectivity index (χ1n) is 9.08. The van der Waals surface area contributed by atoms with Crippen molar-refractivity contribution in [3.63, 3.8) is 0 Å². The number of alkyl halides is 7. The zero-order chi connectivity index (χ0) is 23.3. The van der Waals surface area contributed by atoms with Gasteiger partial charge in [-0.1, -0.05) is 35.3 Å². The summed E-state index contributed by atoms with van der Waals surface area (Å²) in [7, 11) is 0.937. The van der Waals surface area contributed by atoms with Gasteiger partial charge >= 0.3 is 12.4 Å². The van der Waals surface area contributed by atoms with Crippen LogP contribution >= 0.6 is 15.9 Å². The average molecular weight is 516 g/mol. The summed E-state index contributed by atoms with van der Waals surface area (Å²) in [6.45, 7) is 0.542. The molecule has 2 aromatic rings. The molecule has 0 aliphatic heterocycles. The number of aromatic nitrogens is 1. The number of methoxy groups -OCH3 is 1.